The topological polar surface area (TPSA) is 68.2 Å². The quantitative estimate of drug-likeness (QED) is 0.890. The molecule has 1 aromatic rings. The number of fused-ring (bicyclic) bond motifs is 1. The third kappa shape index (κ3) is 2.42. The lowest BCUT2D eigenvalue weighted by molar-refractivity contribution is -0.169. The lowest BCUT2D eigenvalue weighted by Gasteiger charge is -2.60. The number of hydrogen-bond donors (Lipinski definition) is 2. The Balaban J connectivity index is 1.37. The summed E-state index contributed by atoms with van der Waals surface area (Å²) in [5.74, 6) is 0. The Morgan fingerprint density at radius 2 is 2.25 bits per heavy atom. The predicted octanol–water partition coefficient (Wildman–Crippen LogP) is 2.44. The third-order valence-electron chi connectivity index (χ3n) is 6.42. The number of nitrogens with one attached hydrogen (secondary N) is 2. The molecule has 0 bridgehead atoms. The van der Waals surface area contributed by atoms with Gasteiger partial charge in [0.05, 0.1) is 18.3 Å². The van der Waals surface area contributed by atoms with Gasteiger partial charge in [-0.15, -0.1) is 0 Å². The number of hydrogen-bond acceptors (Lipinski definition) is 3. The van der Waals surface area contributed by atoms with Crippen molar-refractivity contribution < 1.29 is 9.53 Å². The van der Waals surface area contributed by atoms with E-state index >= 15 is 0 Å². The molecule has 0 saturated heterocycles. The molecule has 0 radical (unpaired) electrons. The number of ether oxygens (including phenoxy) is 1. The normalized spacial score (nSPS) is 30.2. The van der Waals surface area contributed by atoms with Gasteiger partial charge in [-0.2, -0.15) is 5.10 Å². The number of aromatic nitrogens is 2. The summed E-state index contributed by atoms with van der Waals surface area (Å²) in [6, 6.07) is 0.310. The van der Waals surface area contributed by atoms with Crippen LogP contribution in [0.3, 0.4) is 0 Å². The van der Waals surface area contributed by atoms with Crippen LogP contribution >= 0.6 is 0 Å². The molecular weight excluding hydrogens is 304 g/mol. The van der Waals surface area contributed by atoms with Crippen LogP contribution in [0, 0.1) is 5.41 Å². The van der Waals surface area contributed by atoms with Gasteiger partial charge in [0.25, 0.3) is 0 Å². The van der Waals surface area contributed by atoms with Gasteiger partial charge in [0, 0.05) is 36.4 Å². The molecule has 6 nitrogen and oxygen atoms in total. The van der Waals surface area contributed by atoms with Gasteiger partial charge in [0.15, 0.2) is 0 Å². The summed E-state index contributed by atoms with van der Waals surface area (Å²) in [5, 5.41) is 10.7. The fourth-order valence-electron chi connectivity index (χ4n) is 4.85. The van der Waals surface area contributed by atoms with Gasteiger partial charge in [0.1, 0.15) is 0 Å². The van der Waals surface area contributed by atoms with E-state index in [1.807, 2.05) is 24.9 Å². The van der Waals surface area contributed by atoms with E-state index in [2.05, 4.69) is 15.7 Å². The Hall–Kier alpha value is -1.56. The second-order valence-corrected chi connectivity index (χ2v) is 7.55. The van der Waals surface area contributed by atoms with E-state index in [0.29, 0.717) is 6.10 Å². The summed E-state index contributed by atoms with van der Waals surface area (Å²) >= 11 is 0. The lowest BCUT2D eigenvalue weighted by Crippen LogP contribution is -2.68. The third-order valence-corrected chi connectivity index (χ3v) is 6.42. The minimum absolute atomic E-state index is 0.0390. The first kappa shape index (κ1) is 15.9. The van der Waals surface area contributed by atoms with Crippen LogP contribution in [0.4, 0.5) is 4.79 Å². The fourth-order valence-corrected chi connectivity index (χ4v) is 4.85. The van der Waals surface area contributed by atoms with Gasteiger partial charge in [0.2, 0.25) is 0 Å². The zero-order valence-corrected chi connectivity index (χ0v) is 14.7. The molecule has 4 rings (SSSR count). The Morgan fingerprint density at radius 1 is 1.42 bits per heavy atom. The minimum Gasteiger partial charge on any atom is -0.378 e. The van der Waals surface area contributed by atoms with Crippen molar-refractivity contribution in [3.63, 3.8) is 0 Å². The van der Waals surface area contributed by atoms with E-state index in [1.165, 1.54) is 30.5 Å². The fraction of sp³-hybridized carbons (Fsp3) is 0.778. The van der Waals surface area contributed by atoms with Crippen LogP contribution in [-0.4, -0.2) is 34.6 Å². The van der Waals surface area contributed by atoms with Crippen molar-refractivity contribution in [2.24, 2.45) is 12.5 Å². The molecule has 3 aliphatic rings. The number of carbonyl (C=O) groups is 1. The molecule has 3 unspecified atom stereocenters. The van der Waals surface area contributed by atoms with Gasteiger partial charge in [-0.1, -0.05) is 6.42 Å². The van der Waals surface area contributed by atoms with E-state index in [0.717, 1.165) is 32.3 Å². The highest BCUT2D eigenvalue weighted by molar-refractivity contribution is 5.75. The minimum atomic E-state index is -0.0390. The summed E-state index contributed by atoms with van der Waals surface area (Å²) in [6.45, 7) is 2.81. The molecule has 1 aromatic heterocycles. The van der Waals surface area contributed by atoms with Crippen LogP contribution in [0.15, 0.2) is 6.20 Å². The van der Waals surface area contributed by atoms with Crippen molar-refractivity contribution in [1.29, 1.82) is 0 Å². The Bertz CT molecular complexity index is 623. The monoisotopic (exact) mass is 332 g/mol. The molecule has 2 N–H and O–H groups in total. The maximum absolute atomic E-state index is 12.5. The number of amides is 2. The van der Waals surface area contributed by atoms with Crippen LogP contribution in [0.2, 0.25) is 0 Å². The van der Waals surface area contributed by atoms with Crippen LogP contribution in [0.1, 0.15) is 62.7 Å². The zero-order valence-electron chi connectivity index (χ0n) is 14.7. The summed E-state index contributed by atoms with van der Waals surface area (Å²) in [6.07, 6.45) is 9.93. The second kappa shape index (κ2) is 6.06. The van der Waals surface area contributed by atoms with Crippen LogP contribution in [0.5, 0.6) is 0 Å². The number of aryl methyl sites for hydroxylation is 1. The summed E-state index contributed by atoms with van der Waals surface area (Å²) in [7, 11) is 1.98. The molecule has 1 heterocycles. The van der Waals surface area contributed by atoms with Crippen molar-refractivity contribution >= 4 is 6.03 Å². The SMILES string of the molecule is CCOC1CC(NC(=O)NC2CCCc3c2cnn3C)C12CCC2. The molecule has 2 saturated carbocycles. The molecule has 132 valence electrons. The number of urea groups is 1. The average molecular weight is 332 g/mol. The molecule has 1 spiro atoms. The maximum Gasteiger partial charge on any atom is 0.315 e. The molecule has 24 heavy (non-hydrogen) atoms. The summed E-state index contributed by atoms with van der Waals surface area (Å²) in [5.41, 5.74) is 2.64. The first-order chi connectivity index (χ1) is 11.6. The molecule has 0 aliphatic heterocycles. The highest BCUT2D eigenvalue weighted by Gasteiger charge is 2.59. The Kier molecular flexibility index (Phi) is 4.03. The van der Waals surface area contributed by atoms with Crippen molar-refractivity contribution in [2.75, 3.05) is 6.61 Å². The lowest BCUT2D eigenvalue weighted by atomic mass is 9.51. The highest BCUT2D eigenvalue weighted by Crippen LogP contribution is 2.57. The smallest absolute Gasteiger partial charge is 0.315 e. The molecule has 2 amide bonds. The Labute approximate surface area is 143 Å². The molecule has 6 heteroatoms. The van der Waals surface area contributed by atoms with Crippen LogP contribution in [0.25, 0.3) is 0 Å². The summed E-state index contributed by atoms with van der Waals surface area (Å²) in [4.78, 5) is 12.5. The average Bonchev–Trinajstić information content (AvgIpc) is 2.87. The van der Waals surface area contributed by atoms with E-state index in [1.54, 1.807) is 0 Å². The van der Waals surface area contributed by atoms with Gasteiger partial charge in [-0.3, -0.25) is 4.68 Å². The molecular formula is C18H28N4O2. The van der Waals surface area contributed by atoms with Crippen LogP contribution in [-0.2, 0) is 18.2 Å². The Morgan fingerprint density at radius 3 is 2.96 bits per heavy atom. The van der Waals surface area contributed by atoms with E-state index < -0.39 is 0 Å². The van der Waals surface area contributed by atoms with Gasteiger partial charge < -0.3 is 15.4 Å². The van der Waals surface area contributed by atoms with Gasteiger partial charge in [-0.05, 0) is 45.4 Å². The summed E-state index contributed by atoms with van der Waals surface area (Å²) < 4.78 is 7.80. The van der Waals surface area contributed by atoms with Crippen molar-refractivity contribution in [3.05, 3.63) is 17.5 Å². The van der Waals surface area contributed by atoms with E-state index in [4.69, 9.17) is 4.74 Å². The number of rotatable bonds is 4. The van der Waals surface area contributed by atoms with Crippen molar-refractivity contribution in [1.82, 2.24) is 20.4 Å². The second-order valence-electron chi connectivity index (χ2n) is 7.55. The molecule has 3 atom stereocenters. The molecule has 3 aliphatic carbocycles. The van der Waals surface area contributed by atoms with Crippen LogP contribution < -0.4 is 10.6 Å². The first-order valence-corrected chi connectivity index (χ1v) is 9.33. The van der Waals surface area contributed by atoms with E-state index in [9.17, 15) is 4.79 Å². The maximum atomic E-state index is 12.5. The van der Waals surface area contributed by atoms with Gasteiger partial charge in [-0.25, -0.2) is 4.79 Å². The predicted molar refractivity (Wildman–Crippen MR) is 90.7 cm³/mol. The number of carbonyl (C=O) groups excluding carboxylic acids is 1. The number of nitrogens with zero attached hydrogens (tertiary/aromatic N) is 2. The van der Waals surface area contributed by atoms with E-state index in [-0.39, 0.29) is 23.5 Å². The molecule has 2 fully saturated rings. The van der Waals surface area contributed by atoms with Crippen molar-refractivity contribution in [2.45, 2.75) is 70.1 Å². The van der Waals surface area contributed by atoms with Gasteiger partial charge >= 0.3 is 6.03 Å². The molecule has 0 aromatic carbocycles. The standard InChI is InChI=1S/C18H28N4O2/c1-3-24-16-10-15(18(16)8-5-9-18)21-17(23)20-13-6-4-7-14-12(13)11-19-22(14)2/h11,13,15-16H,3-10H2,1-2H3,(H2,20,21,23). The first-order valence-electron chi connectivity index (χ1n) is 9.33. The zero-order chi connectivity index (χ0) is 16.7. The van der Waals surface area contributed by atoms with Crippen molar-refractivity contribution in [3.8, 4) is 0 Å². The highest BCUT2D eigenvalue weighted by atomic mass is 16.5. The largest absolute Gasteiger partial charge is 0.378 e.